The van der Waals surface area contributed by atoms with Crippen LogP contribution in [0.2, 0.25) is 10.0 Å². The number of thiophene rings is 1. The Labute approximate surface area is 124 Å². The number of carbonyl (C=O) groups is 1. The van der Waals surface area contributed by atoms with Gasteiger partial charge in [-0.3, -0.25) is 0 Å². The maximum Gasteiger partial charge on any atom is 0.338 e. The molecule has 2 rings (SSSR count). The van der Waals surface area contributed by atoms with Gasteiger partial charge in [0.05, 0.1) is 27.9 Å². The lowest BCUT2D eigenvalue weighted by atomic mass is 10.2. The highest BCUT2D eigenvalue weighted by molar-refractivity contribution is 7.09. The fourth-order valence-corrected chi connectivity index (χ4v) is 2.66. The lowest BCUT2D eigenvalue weighted by Crippen LogP contribution is -2.08. The van der Waals surface area contributed by atoms with Gasteiger partial charge in [0.1, 0.15) is 0 Å². The van der Waals surface area contributed by atoms with E-state index < -0.39 is 5.97 Å². The number of rotatable bonds is 4. The number of carbonyl (C=O) groups excluding carboxylic acids is 1. The second-order valence-corrected chi connectivity index (χ2v) is 5.67. The molecule has 0 saturated carbocycles. The smallest absolute Gasteiger partial charge is 0.338 e. The molecule has 19 heavy (non-hydrogen) atoms. The number of nitrogen functional groups attached to an aromatic ring is 1. The molecule has 0 radical (unpaired) electrons. The summed E-state index contributed by atoms with van der Waals surface area (Å²) in [6.07, 6.45) is 0.694. The Morgan fingerprint density at radius 2 is 2.00 bits per heavy atom. The van der Waals surface area contributed by atoms with Crippen LogP contribution < -0.4 is 5.73 Å². The van der Waals surface area contributed by atoms with E-state index in [1.54, 1.807) is 11.3 Å². The van der Waals surface area contributed by atoms with E-state index in [1.165, 1.54) is 17.0 Å². The second kappa shape index (κ2) is 6.28. The van der Waals surface area contributed by atoms with Gasteiger partial charge in [-0.05, 0) is 23.6 Å². The number of anilines is 1. The Hall–Kier alpha value is -1.23. The van der Waals surface area contributed by atoms with E-state index >= 15 is 0 Å². The van der Waals surface area contributed by atoms with Crippen LogP contribution in [0.4, 0.5) is 5.69 Å². The molecule has 0 spiro atoms. The quantitative estimate of drug-likeness (QED) is 0.684. The first-order valence-electron chi connectivity index (χ1n) is 5.52. The Bertz CT molecular complexity index is 561. The van der Waals surface area contributed by atoms with Crippen molar-refractivity contribution in [2.45, 2.75) is 6.42 Å². The predicted octanol–water partition coefficient (Wildman–Crippen LogP) is 4.04. The molecule has 0 aliphatic heterocycles. The van der Waals surface area contributed by atoms with Crippen LogP contribution in [0.5, 0.6) is 0 Å². The fourth-order valence-electron chi connectivity index (χ4n) is 1.48. The zero-order valence-electron chi connectivity index (χ0n) is 9.86. The van der Waals surface area contributed by atoms with E-state index in [4.69, 9.17) is 33.7 Å². The van der Waals surface area contributed by atoms with Crippen LogP contribution in [-0.2, 0) is 11.2 Å². The first-order chi connectivity index (χ1) is 9.08. The van der Waals surface area contributed by atoms with Crippen LogP contribution in [0.1, 0.15) is 15.2 Å². The summed E-state index contributed by atoms with van der Waals surface area (Å²) in [7, 11) is 0. The van der Waals surface area contributed by atoms with Crippen LogP contribution in [0.25, 0.3) is 0 Å². The normalized spacial score (nSPS) is 10.4. The van der Waals surface area contributed by atoms with Gasteiger partial charge >= 0.3 is 5.97 Å². The van der Waals surface area contributed by atoms with Gasteiger partial charge in [-0.15, -0.1) is 11.3 Å². The summed E-state index contributed by atoms with van der Waals surface area (Å²) in [6, 6.07) is 6.86. The molecule has 100 valence electrons. The van der Waals surface area contributed by atoms with Gasteiger partial charge in [-0.25, -0.2) is 4.79 Å². The molecule has 0 atom stereocenters. The zero-order chi connectivity index (χ0) is 13.8. The van der Waals surface area contributed by atoms with Gasteiger partial charge in [-0.2, -0.15) is 0 Å². The maximum atomic E-state index is 11.8. The molecule has 0 amide bonds. The first kappa shape index (κ1) is 14.2. The number of halogens is 2. The molecule has 0 bridgehead atoms. The van der Waals surface area contributed by atoms with Crippen molar-refractivity contribution in [1.82, 2.24) is 0 Å². The molecule has 0 aliphatic carbocycles. The molecule has 0 aliphatic rings. The predicted molar refractivity (Wildman–Crippen MR) is 79.2 cm³/mol. The summed E-state index contributed by atoms with van der Waals surface area (Å²) in [6.45, 7) is 0.318. The third kappa shape index (κ3) is 3.62. The molecule has 6 heteroatoms. The van der Waals surface area contributed by atoms with E-state index in [2.05, 4.69) is 0 Å². The summed E-state index contributed by atoms with van der Waals surface area (Å²) < 4.78 is 5.16. The summed E-state index contributed by atoms with van der Waals surface area (Å²) in [4.78, 5) is 13.0. The van der Waals surface area contributed by atoms with Gasteiger partial charge in [0.2, 0.25) is 0 Å². The minimum Gasteiger partial charge on any atom is -0.462 e. The van der Waals surface area contributed by atoms with Crippen molar-refractivity contribution in [2.24, 2.45) is 0 Å². The summed E-state index contributed by atoms with van der Waals surface area (Å²) in [5.74, 6) is -0.458. The number of esters is 1. The van der Waals surface area contributed by atoms with Crippen molar-refractivity contribution in [3.8, 4) is 0 Å². The first-order valence-corrected chi connectivity index (χ1v) is 7.15. The van der Waals surface area contributed by atoms with Crippen molar-refractivity contribution in [2.75, 3.05) is 12.3 Å². The van der Waals surface area contributed by atoms with Crippen LogP contribution in [0, 0.1) is 0 Å². The van der Waals surface area contributed by atoms with Crippen molar-refractivity contribution in [3.63, 3.8) is 0 Å². The van der Waals surface area contributed by atoms with Crippen LogP contribution in [0.3, 0.4) is 0 Å². The van der Waals surface area contributed by atoms with Gasteiger partial charge < -0.3 is 10.5 Å². The number of hydrogen-bond acceptors (Lipinski definition) is 4. The number of hydrogen-bond donors (Lipinski definition) is 1. The highest BCUT2D eigenvalue weighted by Crippen LogP contribution is 2.29. The number of benzene rings is 1. The summed E-state index contributed by atoms with van der Waals surface area (Å²) >= 11 is 13.4. The van der Waals surface area contributed by atoms with Crippen LogP contribution >= 0.6 is 34.5 Å². The van der Waals surface area contributed by atoms with Gasteiger partial charge in [0.15, 0.2) is 0 Å². The maximum absolute atomic E-state index is 11.8. The average molecular weight is 316 g/mol. The summed E-state index contributed by atoms with van der Waals surface area (Å²) in [5.41, 5.74) is 6.16. The molecule has 2 aromatic rings. The molecular formula is C13H11Cl2NO2S. The van der Waals surface area contributed by atoms with Crippen molar-refractivity contribution in [3.05, 3.63) is 50.1 Å². The monoisotopic (exact) mass is 315 g/mol. The Kier molecular flexibility index (Phi) is 4.69. The SMILES string of the molecule is Nc1c(Cl)cc(C(=O)OCCc2cccs2)cc1Cl. The largest absolute Gasteiger partial charge is 0.462 e. The fraction of sp³-hybridized carbons (Fsp3) is 0.154. The Morgan fingerprint density at radius 1 is 1.32 bits per heavy atom. The van der Waals surface area contributed by atoms with Gasteiger partial charge in [-0.1, -0.05) is 29.3 Å². The topological polar surface area (TPSA) is 52.3 Å². The van der Waals surface area contributed by atoms with Crippen molar-refractivity contribution >= 4 is 46.2 Å². The standard InChI is InChI=1S/C13H11Cl2NO2S/c14-10-6-8(7-11(15)12(10)16)13(17)18-4-3-9-2-1-5-19-9/h1-2,5-7H,3-4,16H2. The van der Waals surface area contributed by atoms with Crippen LogP contribution in [-0.4, -0.2) is 12.6 Å². The molecular weight excluding hydrogens is 305 g/mol. The zero-order valence-corrected chi connectivity index (χ0v) is 12.2. The molecule has 0 saturated heterocycles. The van der Waals surface area contributed by atoms with Gasteiger partial charge in [0, 0.05) is 11.3 Å². The van der Waals surface area contributed by atoms with E-state index in [1.807, 2.05) is 17.5 Å². The number of nitrogens with two attached hydrogens (primary N) is 1. The molecule has 1 aromatic carbocycles. The van der Waals surface area contributed by atoms with E-state index in [9.17, 15) is 4.79 Å². The molecule has 2 N–H and O–H groups in total. The lowest BCUT2D eigenvalue weighted by Gasteiger charge is -2.07. The van der Waals surface area contributed by atoms with E-state index in [-0.39, 0.29) is 15.7 Å². The molecule has 0 fully saturated rings. The molecule has 0 unspecified atom stereocenters. The second-order valence-electron chi connectivity index (χ2n) is 3.82. The van der Waals surface area contributed by atoms with E-state index in [0.29, 0.717) is 18.6 Å². The van der Waals surface area contributed by atoms with Crippen LogP contribution in [0.15, 0.2) is 29.6 Å². The summed E-state index contributed by atoms with van der Waals surface area (Å²) in [5, 5.41) is 2.48. The van der Waals surface area contributed by atoms with Crippen molar-refractivity contribution < 1.29 is 9.53 Å². The molecule has 3 nitrogen and oxygen atoms in total. The Morgan fingerprint density at radius 3 is 2.58 bits per heavy atom. The van der Waals surface area contributed by atoms with Gasteiger partial charge in [0.25, 0.3) is 0 Å². The Balaban J connectivity index is 1.96. The van der Waals surface area contributed by atoms with E-state index in [0.717, 1.165) is 0 Å². The third-order valence-corrected chi connectivity index (χ3v) is 4.04. The minimum atomic E-state index is -0.458. The molecule has 1 heterocycles. The highest BCUT2D eigenvalue weighted by atomic mass is 35.5. The average Bonchev–Trinajstić information content (AvgIpc) is 2.88. The highest BCUT2D eigenvalue weighted by Gasteiger charge is 2.12. The third-order valence-electron chi connectivity index (χ3n) is 2.48. The van der Waals surface area contributed by atoms with Crippen molar-refractivity contribution in [1.29, 1.82) is 0 Å². The number of ether oxygens (including phenoxy) is 1. The lowest BCUT2D eigenvalue weighted by molar-refractivity contribution is 0.0510. The molecule has 1 aromatic heterocycles. The minimum absolute atomic E-state index is 0.248.